The van der Waals surface area contributed by atoms with Crippen LogP contribution in [0.15, 0.2) is 36.5 Å². The molecule has 38 heavy (non-hydrogen) atoms. The van der Waals surface area contributed by atoms with Crippen molar-refractivity contribution in [1.29, 1.82) is 0 Å². The monoisotopic (exact) mass is 525 g/mol. The van der Waals surface area contributed by atoms with Gasteiger partial charge in [-0.25, -0.2) is 22.9 Å². The smallest absolute Gasteiger partial charge is 0.340 e. The van der Waals surface area contributed by atoms with Crippen LogP contribution in [-0.4, -0.2) is 57.9 Å². The topological polar surface area (TPSA) is 117 Å². The van der Waals surface area contributed by atoms with Gasteiger partial charge in [0.2, 0.25) is 0 Å². The maximum absolute atomic E-state index is 14.4. The van der Waals surface area contributed by atoms with Gasteiger partial charge in [0.05, 0.1) is 40.7 Å². The molecule has 3 heterocycles. The first-order valence-electron chi connectivity index (χ1n) is 12.2. The van der Waals surface area contributed by atoms with Gasteiger partial charge in [-0.3, -0.25) is 4.98 Å². The minimum Gasteiger partial charge on any atom is -0.462 e. The number of fused-ring (bicyclic) bond motifs is 1. The third-order valence-electron chi connectivity index (χ3n) is 6.65. The van der Waals surface area contributed by atoms with Crippen LogP contribution in [0, 0.1) is 24.4 Å². The van der Waals surface area contributed by atoms with Crippen molar-refractivity contribution < 1.29 is 27.8 Å². The third-order valence-corrected chi connectivity index (χ3v) is 6.65. The molecule has 4 aromatic rings. The van der Waals surface area contributed by atoms with E-state index in [-0.39, 0.29) is 41.1 Å². The number of H-pyrrole nitrogens is 1. The lowest BCUT2D eigenvalue weighted by atomic mass is 9.96. The highest BCUT2D eigenvalue weighted by atomic mass is 19.1. The number of imidazole rings is 1. The second-order valence-corrected chi connectivity index (χ2v) is 9.26. The molecule has 11 heteroatoms. The zero-order chi connectivity index (χ0) is 27.1. The number of hydrogen-bond acceptors (Lipinski definition) is 7. The van der Waals surface area contributed by atoms with E-state index < -0.39 is 35.6 Å². The van der Waals surface area contributed by atoms with E-state index in [2.05, 4.69) is 15.0 Å². The number of anilines is 1. The molecule has 2 aromatic carbocycles. The Labute approximate surface area is 216 Å². The molecule has 5 rings (SSSR count). The summed E-state index contributed by atoms with van der Waals surface area (Å²) in [6.07, 6.45) is 1.13. The summed E-state index contributed by atoms with van der Waals surface area (Å²) in [6, 6.07) is 5.02. The normalized spacial score (nSPS) is 17.7. The number of β-amino-alcohol motifs (C(OH)–C–C–N with tert-alkyl or cyclic N) is 1. The van der Waals surface area contributed by atoms with E-state index in [1.54, 1.807) is 13.8 Å². The number of esters is 1. The van der Waals surface area contributed by atoms with Crippen LogP contribution in [-0.2, 0) is 4.74 Å². The first-order valence-corrected chi connectivity index (χ1v) is 12.2. The van der Waals surface area contributed by atoms with Gasteiger partial charge >= 0.3 is 5.97 Å². The molecule has 0 spiro atoms. The first kappa shape index (κ1) is 25.7. The molecule has 0 amide bonds. The van der Waals surface area contributed by atoms with Crippen LogP contribution >= 0.6 is 0 Å². The van der Waals surface area contributed by atoms with Crippen molar-refractivity contribution in [1.82, 2.24) is 15.0 Å². The Balaban J connectivity index is 1.77. The molecular weight excluding hydrogens is 499 g/mol. The molecule has 1 aliphatic heterocycles. The Morgan fingerprint density at radius 2 is 1.89 bits per heavy atom. The van der Waals surface area contributed by atoms with Crippen LogP contribution in [0.25, 0.3) is 33.5 Å². The van der Waals surface area contributed by atoms with Crippen molar-refractivity contribution in [3.8, 4) is 22.5 Å². The number of aryl methyl sites for hydroxylation is 1. The molecule has 0 aliphatic carbocycles. The van der Waals surface area contributed by atoms with Gasteiger partial charge in [-0.15, -0.1) is 0 Å². The van der Waals surface area contributed by atoms with E-state index in [0.29, 0.717) is 35.5 Å². The van der Waals surface area contributed by atoms with Crippen molar-refractivity contribution in [3.63, 3.8) is 0 Å². The van der Waals surface area contributed by atoms with Gasteiger partial charge in [-0.1, -0.05) is 0 Å². The van der Waals surface area contributed by atoms with Gasteiger partial charge in [0, 0.05) is 37.0 Å². The number of pyridine rings is 1. The minimum atomic E-state index is -0.845. The van der Waals surface area contributed by atoms with E-state index in [9.17, 15) is 23.1 Å². The average molecular weight is 526 g/mol. The number of nitrogens with two attached hydrogens (primary N) is 1. The summed E-state index contributed by atoms with van der Waals surface area (Å²) in [5.41, 5.74) is 8.61. The van der Waals surface area contributed by atoms with E-state index in [1.807, 2.05) is 4.90 Å². The highest BCUT2D eigenvalue weighted by molar-refractivity contribution is 6.03. The van der Waals surface area contributed by atoms with Crippen LogP contribution in [0.2, 0.25) is 0 Å². The Hall–Kier alpha value is -3.96. The number of nitrogens with zero attached hydrogens (tertiary/aromatic N) is 3. The fraction of sp³-hybridized carbons (Fsp3) is 0.296. The molecule has 0 bridgehead atoms. The number of ether oxygens (including phenoxy) is 1. The highest BCUT2D eigenvalue weighted by Gasteiger charge is 2.31. The molecule has 8 nitrogen and oxygen atoms in total. The summed E-state index contributed by atoms with van der Waals surface area (Å²) in [5.74, 6) is -2.62. The van der Waals surface area contributed by atoms with Crippen LogP contribution in [0.1, 0.15) is 29.4 Å². The number of nitrogens with one attached hydrogen (secondary N) is 1. The Bertz CT molecular complexity index is 1520. The number of benzene rings is 2. The number of carbonyl (C=O) groups is 1. The van der Waals surface area contributed by atoms with Gasteiger partial charge in [0.15, 0.2) is 0 Å². The van der Waals surface area contributed by atoms with E-state index >= 15 is 0 Å². The van der Waals surface area contributed by atoms with Crippen LogP contribution < -0.4 is 10.6 Å². The summed E-state index contributed by atoms with van der Waals surface area (Å²) >= 11 is 0. The number of carbonyl (C=O) groups excluding carboxylic acids is 1. The second-order valence-electron chi connectivity index (χ2n) is 9.26. The zero-order valence-corrected chi connectivity index (χ0v) is 20.8. The number of rotatable bonds is 5. The standard InChI is InChI=1S/C27H26F3N5O3/c1-3-38-27(37)18-9-17(30)10-21-24(18)34-26(33-21)23-13(2)32-11-19(14-6-15(28)8-16(29)7-14)25(23)35-5-4-20(31)22(36)12-35/h6-11,20,22,36H,3-5,12,31H2,1-2H3,(H,33,34)/t20-,22+/m1/s1. The molecule has 2 aromatic heterocycles. The maximum atomic E-state index is 14.4. The predicted molar refractivity (Wildman–Crippen MR) is 136 cm³/mol. The molecule has 0 unspecified atom stereocenters. The van der Waals surface area contributed by atoms with Crippen molar-refractivity contribution in [3.05, 3.63) is 65.2 Å². The van der Waals surface area contributed by atoms with E-state index in [0.717, 1.165) is 12.1 Å². The molecule has 0 radical (unpaired) electrons. The minimum absolute atomic E-state index is 0.0424. The van der Waals surface area contributed by atoms with Crippen LogP contribution in [0.5, 0.6) is 0 Å². The average Bonchev–Trinajstić information content (AvgIpc) is 3.27. The van der Waals surface area contributed by atoms with E-state index in [4.69, 9.17) is 10.5 Å². The molecule has 0 saturated carbocycles. The maximum Gasteiger partial charge on any atom is 0.340 e. The summed E-state index contributed by atoms with van der Waals surface area (Å²) in [7, 11) is 0. The molecule has 2 atom stereocenters. The highest BCUT2D eigenvalue weighted by Crippen LogP contribution is 2.42. The number of aliphatic hydroxyl groups excluding tert-OH is 1. The predicted octanol–water partition coefficient (Wildman–Crippen LogP) is 4.09. The lowest BCUT2D eigenvalue weighted by Gasteiger charge is -2.37. The SMILES string of the molecule is CCOC(=O)c1cc(F)cc2[nH]c(-c3c(C)ncc(-c4cc(F)cc(F)c4)c3N3CC[C@@H](N)[C@@H](O)C3)nc12. The van der Waals surface area contributed by atoms with Crippen molar-refractivity contribution >= 4 is 22.7 Å². The lowest BCUT2D eigenvalue weighted by Crippen LogP contribution is -2.51. The Kier molecular flexibility index (Phi) is 6.80. The zero-order valence-electron chi connectivity index (χ0n) is 20.8. The van der Waals surface area contributed by atoms with E-state index in [1.165, 1.54) is 24.4 Å². The quantitative estimate of drug-likeness (QED) is 0.336. The van der Waals surface area contributed by atoms with Crippen molar-refractivity contribution in [2.75, 3.05) is 24.6 Å². The first-order chi connectivity index (χ1) is 18.2. The Morgan fingerprint density at radius 3 is 2.58 bits per heavy atom. The van der Waals surface area contributed by atoms with Gasteiger partial charge in [0.1, 0.15) is 28.8 Å². The molecule has 1 saturated heterocycles. The summed E-state index contributed by atoms with van der Waals surface area (Å²) in [6.45, 7) is 4.09. The summed E-state index contributed by atoms with van der Waals surface area (Å²) in [4.78, 5) is 26.6. The van der Waals surface area contributed by atoms with Crippen LogP contribution in [0.4, 0.5) is 18.9 Å². The number of aromatic nitrogens is 3. The second kappa shape index (κ2) is 10.1. The van der Waals surface area contributed by atoms with Gasteiger partial charge in [-0.05, 0) is 50.1 Å². The Morgan fingerprint density at radius 1 is 1.18 bits per heavy atom. The largest absolute Gasteiger partial charge is 0.462 e. The summed E-state index contributed by atoms with van der Waals surface area (Å²) < 4.78 is 48.0. The summed E-state index contributed by atoms with van der Waals surface area (Å²) in [5, 5.41) is 10.6. The molecule has 1 fully saturated rings. The third kappa shape index (κ3) is 4.70. The fourth-order valence-corrected chi connectivity index (χ4v) is 4.84. The van der Waals surface area contributed by atoms with Crippen LogP contribution in [0.3, 0.4) is 0 Å². The number of piperidine rings is 1. The van der Waals surface area contributed by atoms with Crippen molar-refractivity contribution in [2.45, 2.75) is 32.4 Å². The lowest BCUT2D eigenvalue weighted by molar-refractivity contribution is 0.0528. The molecular formula is C27H26F3N5O3. The number of aliphatic hydroxyl groups is 1. The fourth-order valence-electron chi connectivity index (χ4n) is 4.84. The number of aromatic amines is 1. The van der Waals surface area contributed by atoms with Gasteiger partial charge in [0.25, 0.3) is 0 Å². The van der Waals surface area contributed by atoms with Gasteiger partial charge < -0.3 is 25.5 Å². The molecule has 4 N–H and O–H groups in total. The van der Waals surface area contributed by atoms with Crippen molar-refractivity contribution in [2.24, 2.45) is 5.73 Å². The van der Waals surface area contributed by atoms with Gasteiger partial charge in [-0.2, -0.15) is 0 Å². The molecule has 198 valence electrons. The molecule has 1 aliphatic rings. The number of halogens is 3. The number of hydrogen-bond donors (Lipinski definition) is 3.